The molecule has 1 aromatic heterocycles. The van der Waals surface area contributed by atoms with Gasteiger partial charge in [0.25, 0.3) is 0 Å². The average Bonchev–Trinajstić information content (AvgIpc) is 2.82. The Kier molecular flexibility index (Phi) is 3.77. The number of furan rings is 1. The zero-order valence-electron chi connectivity index (χ0n) is 11.0. The van der Waals surface area contributed by atoms with E-state index in [-0.39, 0.29) is 0 Å². The molecule has 1 heterocycles. The SMILES string of the molecule is C[Si](C)(C)OC1=C[C@@H](CCc2ccco2)CC1. The van der Waals surface area contributed by atoms with E-state index in [4.69, 9.17) is 8.84 Å². The van der Waals surface area contributed by atoms with Crippen LogP contribution in [0.2, 0.25) is 19.6 Å². The third-order valence-corrected chi connectivity index (χ3v) is 3.84. The van der Waals surface area contributed by atoms with Gasteiger partial charge in [0.1, 0.15) is 5.76 Å². The summed E-state index contributed by atoms with van der Waals surface area (Å²) in [6, 6.07) is 4.01. The van der Waals surface area contributed by atoms with Crippen LogP contribution in [0.1, 0.15) is 25.0 Å². The molecule has 3 heteroatoms. The Hall–Kier alpha value is -0.963. The topological polar surface area (TPSA) is 22.4 Å². The largest absolute Gasteiger partial charge is 0.548 e. The van der Waals surface area contributed by atoms with Crippen LogP contribution in [-0.4, -0.2) is 8.32 Å². The van der Waals surface area contributed by atoms with Gasteiger partial charge in [0, 0.05) is 12.8 Å². The van der Waals surface area contributed by atoms with E-state index in [1.165, 1.54) is 18.6 Å². The second-order valence-electron chi connectivity index (χ2n) is 5.76. The van der Waals surface area contributed by atoms with Crippen molar-refractivity contribution in [1.82, 2.24) is 0 Å². The molecule has 0 saturated carbocycles. The summed E-state index contributed by atoms with van der Waals surface area (Å²) in [5.41, 5.74) is 0. The molecule has 1 atom stereocenters. The van der Waals surface area contributed by atoms with E-state index in [1.807, 2.05) is 6.07 Å². The highest BCUT2D eigenvalue weighted by Crippen LogP contribution is 2.30. The fourth-order valence-corrected chi connectivity index (χ4v) is 3.20. The van der Waals surface area contributed by atoms with Crippen molar-refractivity contribution in [3.63, 3.8) is 0 Å². The maximum atomic E-state index is 6.04. The van der Waals surface area contributed by atoms with Gasteiger partial charge in [-0.2, -0.15) is 0 Å². The minimum absolute atomic E-state index is 0.673. The van der Waals surface area contributed by atoms with E-state index in [1.54, 1.807) is 6.26 Å². The van der Waals surface area contributed by atoms with Crippen molar-refractivity contribution >= 4 is 8.32 Å². The van der Waals surface area contributed by atoms with E-state index >= 15 is 0 Å². The van der Waals surface area contributed by atoms with Crippen molar-refractivity contribution in [2.45, 2.75) is 45.3 Å². The Balaban J connectivity index is 1.80. The molecule has 17 heavy (non-hydrogen) atoms. The first-order chi connectivity index (χ1) is 8.03. The van der Waals surface area contributed by atoms with Crippen LogP contribution in [0.4, 0.5) is 0 Å². The second-order valence-corrected chi connectivity index (χ2v) is 10.2. The molecule has 0 spiro atoms. The van der Waals surface area contributed by atoms with Crippen molar-refractivity contribution in [2.24, 2.45) is 5.92 Å². The van der Waals surface area contributed by atoms with Gasteiger partial charge in [-0.25, -0.2) is 0 Å². The Labute approximate surface area is 105 Å². The summed E-state index contributed by atoms with van der Waals surface area (Å²) < 4.78 is 11.4. The summed E-state index contributed by atoms with van der Waals surface area (Å²) in [5, 5.41) is 0. The van der Waals surface area contributed by atoms with E-state index in [0.29, 0.717) is 5.92 Å². The van der Waals surface area contributed by atoms with Crippen molar-refractivity contribution in [2.75, 3.05) is 0 Å². The molecular weight excluding hydrogens is 228 g/mol. The van der Waals surface area contributed by atoms with Crippen LogP contribution < -0.4 is 0 Å². The summed E-state index contributed by atoms with van der Waals surface area (Å²) in [6.45, 7) is 6.72. The van der Waals surface area contributed by atoms with E-state index in [9.17, 15) is 0 Å². The van der Waals surface area contributed by atoms with E-state index < -0.39 is 8.32 Å². The summed E-state index contributed by atoms with van der Waals surface area (Å²) in [6.07, 6.45) is 8.65. The van der Waals surface area contributed by atoms with Gasteiger partial charge in [-0.3, -0.25) is 0 Å². The highest BCUT2D eigenvalue weighted by Gasteiger charge is 2.22. The third-order valence-electron chi connectivity index (χ3n) is 2.96. The van der Waals surface area contributed by atoms with Crippen molar-refractivity contribution in [3.05, 3.63) is 36.0 Å². The van der Waals surface area contributed by atoms with Crippen molar-refractivity contribution in [1.29, 1.82) is 0 Å². The summed E-state index contributed by atoms with van der Waals surface area (Å²) in [4.78, 5) is 0. The minimum atomic E-state index is -1.41. The Morgan fingerprint density at radius 3 is 2.88 bits per heavy atom. The lowest BCUT2D eigenvalue weighted by molar-refractivity contribution is 0.407. The average molecular weight is 250 g/mol. The number of hydrogen-bond donors (Lipinski definition) is 0. The number of hydrogen-bond acceptors (Lipinski definition) is 2. The first kappa shape index (κ1) is 12.5. The van der Waals surface area contributed by atoms with Gasteiger partial charge in [0.2, 0.25) is 8.32 Å². The molecule has 0 fully saturated rings. The van der Waals surface area contributed by atoms with Gasteiger partial charge in [-0.1, -0.05) is 0 Å². The molecule has 1 aliphatic rings. The molecule has 0 aliphatic heterocycles. The van der Waals surface area contributed by atoms with Gasteiger partial charge in [-0.15, -0.1) is 0 Å². The van der Waals surface area contributed by atoms with Crippen LogP contribution >= 0.6 is 0 Å². The maximum Gasteiger partial charge on any atom is 0.241 e. The highest BCUT2D eigenvalue weighted by molar-refractivity contribution is 6.70. The van der Waals surface area contributed by atoms with Crippen LogP contribution in [-0.2, 0) is 10.8 Å². The molecule has 1 aromatic rings. The van der Waals surface area contributed by atoms with Crippen LogP contribution in [0, 0.1) is 5.92 Å². The van der Waals surface area contributed by atoms with Gasteiger partial charge in [-0.05, 0) is 56.6 Å². The normalized spacial score (nSPS) is 20.4. The van der Waals surface area contributed by atoms with Crippen LogP contribution in [0.25, 0.3) is 0 Å². The third kappa shape index (κ3) is 4.08. The standard InChI is InChI=1S/C14H22O2Si/c1-17(2,3)16-14-9-7-12(11-14)6-8-13-5-4-10-15-13/h4-5,10-12H,6-9H2,1-3H3/t12-/m0/s1. The molecule has 0 aromatic carbocycles. The maximum absolute atomic E-state index is 6.04. The molecule has 94 valence electrons. The molecular formula is C14H22O2Si. The van der Waals surface area contributed by atoms with Crippen molar-refractivity contribution < 1.29 is 8.84 Å². The second kappa shape index (κ2) is 5.13. The van der Waals surface area contributed by atoms with Crippen LogP contribution in [0.5, 0.6) is 0 Å². The molecule has 0 N–H and O–H groups in total. The first-order valence-electron chi connectivity index (χ1n) is 6.45. The van der Waals surface area contributed by atoms with E-state index in [0.717, 1.165) is 18.6 Å². The number of aryl methyl sites for hydroxylation is 1. The van der Waals surface area contributed by atoms with E-state index in [2.05, 4.69) is 31.8 Å². The Bertz CT molecular complexity index is 373. The van der Waals surface area contributed by atoms with Gasteiger partial charge >= 0.3 is 0 Å². The lowest BCUT2D eigenvalue weighted by Crippen LogP contribution is -2.24. The first-order valence-corrected chi connectivity index (χ1v) is 9.86. The Morgan fingerprint density at radius 2 is 2.24 bits per heavy atom. The zero-order chi connectivity index (χ0) is 12.3. The number of allylic oxidation sites excluding steroid dienone is 2. The molecule has 1 aliphatic carbocycles. The van der Waals surface area contributed by atoms with Gasteiger partial charge in [0.15, 0.2) is 0 Å². The lowest BCUT2D eigenvalue weighted by atomic mass is 10.0. The fourth-order valence-electron chi connectivity index (χ4n) is 2.25. The van der Waals surface area contributed by atoms with Gasteiger partial charge in [0.05, 0.1) is 12.0 Å². The van der Waals surface area contributed by atoms with Gasteiger partial charge < -0.3 is 8.84 Å². The smallest absolute Gasteiger partial charge is 0.241 e. The molecule has 0 bridgehead atoms. The predicted molar refractivity (Wildman–Crippen MR) is 72.3 cm³/mol. The monoisotopic (exact) mass is 250 g/mol. The van der Waals surface area contributed by atoms with Crippen LogP contribution in [0.15, 0.2) is 34.6 Å². The lowest BCUT2D eigenvalue weighted by Gasteiger charge is -2.19. The summed E-state index contributed by atoms with van der Waals surface area (Å²) >= 11 is 0. The predicted octanol–water partition coefficient (Wildman–Crippen LogP) is 4.36. The molecule has 2 rings (SSSR count). The van der Waals surface area contributed by atoms with Crippen LogP contribution in [0.3, 0.4) is 0 Å². The zero-order valence-corrected chi connectivity index (χ0v) is 12.0. The summed E-state index contributed by atoms with van der Waals surface area (Å²) in [7, 11) is -1.41. The minimum Gasteiger partial charge on any atom is -0.548 e. The Morgan fingerprint density at radius 1 is 1.41 bits per heavy atom. The molecule has 0 amide bonds. The summed E-state index contributed by atoms with van der Waals surface area (Å²) in [5.74, 6) is 3.00. The molecule has 0 radical (unpaired) electrons. The quantitative estimate of drug-likeness (QED) is 0.725. The van der Waals surface area contributed by atoms with Crippen molar-refractivity contribution in [3.8, 4) is 0 Å². The number of rotatable bonds is 5. The highest BCUT2D eigenvalue weighted by atomic mass is 28.4. The molecule has 0 unspecified atom stereocenters. The fraction of sp³-hybridized carbons (Fsp3) is 0.571. The molecule has 0 saturated heterocycles. The molecule has 2 nitrogen and oxygen atoms in total.